The summed E-state index contributed by atoms with van der Waals surface area (Å²) in [4.78, 5) is 4.52. The van der Waals surface area contributed by atoms with E-state index in [1.807, 2.05) is 19.1 Å². The Balaban J connectivity index is 2.29. The number of pyridine rings is 1. The fraction of sp³-hybridized carbons (Fsp3) is 0.400. The number of hydrogen-bond donors (Lipinski definition) is 1. The molecule has 0 spiro atoms. The zero-order chi connectivity index (χ0) is 13.0. The van der Waals surface area contributed by atoms with Crippen molar-refractivity contribution in [1.29, 1.82) is 0 Å². The van der Waals surface area contributed by atoms with E-state index >= 15 is 0 Å². The van der Waals surface area contributed by atoms with E-state index in [-0.39, 0.29) is 0 Å². The second-order valence-electron chi connectivity index (χ2n) is 4.59. The molecule has 2 nitrogen and oxygen atoms in total. The van der Waals surface area contributed by atoms with Crippen LogP contribution in [0.15, 0.2) is 24.3 Å². The number of rotatable bonds is 5. The lowest BCUT2D eigenvalue weighted by atomic mass is 10.1. The third kappa shape index (κ3) is 3.01. The van der Waals surface area contributed by atoms with E-state index in [4.69, 9.17) is 11.6 Å². The van der Waals surface area contributed by atoms with Crippen molar-refractivity contribution >= 4 is 22.5 Å². The first-order chi connectivity index (χ1) is 8.72. The first-order valence-electron chi connectivity index (χ1n) is 6.48. The van der Waals surface area contributed by atoms with Gasteiger partial charge in [-0.2, -0.15) is 0 Å². The maximum absolute atomic E-state index is 6.20. The highest BCUT2D eigenvalue weighted by Gasteiger charge is 2.06. The molecule has 0 bridgehead atoms. The van der Waals surface area contributed by atoms with Gasteiger partial charge < -0.3 is 5.32 Å². The second kappa shape index (κ2) is 6.17. The van der Waals surface area contributed by atoms with Crippen molar-refractivity contribution in [2.75, 3.05) is 6.54 Å². The number of hydrogen-bond acceptors (Lipinski definition) is 2. The first kappa shape index (κ1) is 13.3. The molecule has 1 aromatic carbocycles. The van der Waals surface area contributed by atoms with Crippen molar-refractivity contribution in [2.24, 2.45) is 0 Å². The molecule has 0 atom stereocenters. The van der Waals surface area contributed by atoms with Crippen molar-refractivity contribution in [2.45, 2.75) is 33.2 Å². The minimum absolute atomic E-state index is 0.728. The van der Waals surface area contributed by atoms with Crippen LogP contribution in [0.5, 0.6) is 0 Å². The number of aryl methyl sites for hydroxylation is 1. The van der Waals surface area contributed by atoms with Crippen LogP contribution in [0, 0.1) is 6.92 Å². The van der Waals surface area contributed by atoms with Gasteiger partial charge >= 0.3 is 0 Å². The number of para-hydroxylation sites is 1. The molecule has 0 unspecified atom stereocenters. The second-order valence-corrected chi connectivity index (χ2v) is 5.00. The number of fused-ring (bicyclic) bond motifs is 1. The lowest BCUT2D eigenvalue weighted by molar-refractivity contribution is 0.643. The Hall–Kier alpha value is -1.12. The summed E-state index contributed by atoms with van der Waals surface area (Å²) in [5, 5.41) is 5.35. The van der Waals surface area contributed by atoms with E-state index in [9.17, 15) is 0 Å². The minimum Gasteiger partial charge on any atom is -0.313 e. The highest BCUT2D eigenvalue weighted by atomic mass is 35.5. The van der Waals surface area contributed by atoms with E-state index in [1.165, 1.54) is 18.4 Å². The van der Waals surface area contributed by atoms with Crippen molar-refractivity contribution in [3.8, 4) is 0 Å². The molecule has 2 rings (SSSR count). The molecule has 1 aromatic heterocycles. The molecule has 0 saturated carbocycles. The van der Waals surface area contributed by atoms with Crippen LogP contribution in [0.25, 0.3) is 10.9 Å². The highest BCUT2D eigenvalue weighted by Crippen LogP contribution is 2.24. The van der Waals surface area contributed by atoms with E-state index < -0.39 is 0 Å². The van der Waals surface area contributed by atoms with Crippen molar-refractivity contribution in [1.82, 2.24) is 10.3 Å². The lowest BCUT2D eigenvalue weighted by Crippen LogP contribution is -2.15. The Morgan fingerprint density at radius 1 is 1.33 bits per heavy atom. The average molecular weight is 263 g/mol. The fourth-order valence-electron chi connectivity index (χ4n) is 2.10. The van der Waals surface area contributed by atoms with Crippen molar-refractivity contribution < 1.29 is 0 Å². The van der Waals surface area contributed by atoms with Gasteiger partial charge in [0.05, 0.1) is 10.5 Å². The van der Waals surface area contributed by atoms with E-state index in [2.05, 4.69) is 29.4 Å². The molecule has 0 radical (unpaired) electrons. The Labute approximate surface area is 113 Å². The SMILES string of the molecule is CCCCNCc1cc(C)nc2c(Cl)cccc12. The molecule has 1 heterocycles. The van der Waals surface area contributed by atoms with E-state index in [1.54, 1.807) is 0 Å². The average Bonchev–Trinajstić information content (AvgIpc) is 2.36. The summed E-state index contributed by atoms with van der Waals surface area (Å²) in [6, 6.07) is 8.10. The number of benzene rings is 1. The molecule has 0 aliphatic heterocycles. The monoisotopic (exact) mass is 262 g/mol. The van der Waals surface area contributed by atoms with Crippen LogP contribution in [0.3, 0.4) is 0 Å². The van der Waals surface area contributed by atoms with Crippen LogP contribution in [0.4, 0.5) is 0 Å². The Kier molecular flexibility index (Phi) is 4.56. The lowest BCUT2D eigenvalue weighted by Gasteiger charge is -2.10. The van der Waals surface area contributed by atoms with Crippen LogP contribution < -0.4 is 5.32 Å². The summed E-state index contributed by atoms with van der Waals surface area (Å²) in [5.74, 6) is 0. The molecular formula is C15H19ClN2. The highest BCUT2D eigenvalue weighted by molar-refractivity contribution is 6.35. The number of aromatic nitrogens is 1. The molecule has 0 amide bonds. The van der Waals surface area contributed by atoms with Gasteiger partial charge in [-0.1, -0.05) is 37.1 Å². The standard InChI is InChI=1S/C15H19ClN2/c1-3-4-8-17-10-12-9-11(2)18-15-13(12)6-5-7-14(15)16/h5-7,9,17H,3-4,8,10H2,1-2H3. The van der Waals surface area contributed by atoms with Gasteiger partial charge in [-0.3, -0.25) is 4.98 Å². The van der Waals surface area contributed by atoms with Crippen LogP contribution in [0.1, 0.15) is 31.0 Å². The van der Waals surface area contributed by atoms with Crippen LogP contribution in [-0.2, 0) is 6.54 Å². The number of nitrogens with one attached hydrogen (secondary N) is 1. The summed E-state index contributed by atoms with van der Waals surface area (Å²) >= 11 is 6.20. The van der Waals surface area contributed by atoms with Gasteiger partial charge in [0.15, 0.2) is 0 Å². The molecule has 0 fully saturated rings. The summed E-state index contributed by atoms with van der Waals surface area (Å²) < 4.78 is 0. The fourth-order valence-corrected chi connectivity index (χ4v) is 2.31. The third-order valence-corrected chi connectivity index (χ3v) is 3.33. The summed E-state index contributed by atoms with van der Waals surface area (Å²) in [7, 11) is 0. The molecule has 3 heteroatoms. The molecule has 0 aliphatic rings. The molecule has 1 N–H and O–H groups in total. The maximum Gasteiger partial charge on any atom is 0.0894 e. The molecule has 18 heavy (non-hydrogen) atoms. The van der Waals surface area contributed by atoms with Gasteiger partial charge in [-0.15, -0.1) is 0 Å². The molecule has 96 valence electrons. The zero-order valence-corrected chi connectivity index (χ0v) is 11.7. The quantitative estimate of drug-likeness (QED) is 0.821. The maximum atomic E-state index is 6.20. The summed E-state index contributed by atoms with van der Waals surface area (Å²) in [6.45, 7) is 6.14. The zero-order valence-electron chi connectivity index (χ0n) is 11.0. The minimum atomic E-state index is 0.728. The first-order valence-corrected chi connectivity index (χ1v) is 6.85. The van der Waals surface area contributed by atoms with Crippen molar-refractivity contribution in [3.63, 3.8) is 0 Å². The molecule has 2 aromatic rings. The van der Waals surface area contributed by atoms with Crippen molar-refractivity contribution in [3.05, 3.63) is 40.5 Å². The topological polar surface area (TPSA) is 24.9 Å². The van der Waals surface area contributed by atoms with Gasteiger partial charge in [-0.25, -0.2) is 0 Å². The van der Waals surface area contributed by atoms with Crippen LogP contribution in [-0.4, -0.2) is 11.5 Å². The molecule has 0 aliphatic carbocycles. The Morgan fingerprint density at radius 3 is 2.94 bits per heavy atom. The number of nitrogens with zero attached hydrogens (tertiary/aromatic N) is 1. The largest absolute Gasteiger partial charge is 0.313 e. The third-order valence-electron chi connectivity index (χ3n) is 3.03. The summed E-state index contributed by atoms with van der Waals surface area (Å²) in [6.07, 6.45) is 2.43. The van der Waals surface area contributed by atoms with E-state index in [0.29, 0.717) is 0 Å². The normalized spacial score (nSPS) is 11.1. The van der Waals surface area contributed by atoms with Gasteiger partial charge in [0.1, 0.15) is 0 Å². The van der Waals surface area contributed by atoms with Crippen LogP contribution in [0.2, 0.25) is 5.02 Å². The number of unbranched alkanes of at least 4 members (excludes halogenated alkanes) is 1. The smallest absolute Gasteiger partial charge is 0.0894 e. The predicted octanol–water partition coefficient (Wildman–Crippen LogP) is 4.09. The predicted molar refractivity (Wildman–Crippen MR) is 78.1 cm³/mol. The van der Waals surface area contributed by atoms with E-state index in [0.717, 1.165) is 34.7 Å². The van der Waals surface area contributed by atoms with Crippen LogP contribution >= 0.6 is 11.6 Å². The number of halogens is 1. The summed E-state index contributed by atoms with van der Waals surface area (Å²) in [5.41, 5.74) is 3.20. The van der Waals surface area contributed by atoms with Gasteiger partial charge in [-0.05, 0) is 37.6 Å². The molecular weight excluding hydrogens is 244 g/mol. The van der Waals surface area contributed by atoms with Gasteiger partial charge in [0, 0.05) is 17.6 Å². The Bertz CT molecular complexity index is 537. The van der Waals surface area contributed by atoms with Gasteiger partial charge in [0.25, 0.3) is 0 Å². The van der Waals surface area contributed by atoms with Gasteiger partial charge in [0.2, 0.25) is 0 Å². The Morgan fingerprint density at radius 2 is 2.17 bits per heavy atom. The molecule has 0 saturated heterocycles.